The van der Waals surface area contributed by atoms with E-state index in [1.807, 2.05) is 26.8 Å². The molecule has 2 atom stereocenters. The number of piperidine rings is 1. The first kappa shape index (κ1) is 18.8. The predicted molar refractivity (Wildman–Crippen MR) is 89.9 cm³/mol. The van der Waals surface area contributed by atoms with E-state index >= 15 is 0 Å². The minimum Gasteiger partial charge on any atom is -0.444 e. The highest BCUT2D eigenvalue weighted by molar-refractivity contribution is 5.68. The summed E-state index contributed by atoms with van der Waals surface area (Å²) in [4.78, 5) is 14.2. The van der Waals surface area contributed by atoms with Crippen LogP contribution in [0, 0.1) is 0 Å². The third kappa shape index (κ3) is 5.25. The van der Waals surface area contributed by atoms with Gasteiger partial charge in [-0.3, -0.25) is 0 Å². The van der Waals surface area contributed by atoms with E-state index in [1.165, 1.54) is 0 Å². The standard InChI is InChI=1S/C16H30N4O4/c1-16(2,3)24-15(21)17-11-7-6-8-20(10-11)13-9-12(18-19-13)14(22-4)23-5/h9,11-12,14,18-19H,6-8,10H2,1-5H3,(H,17,21)/t11-,12?/m1/s1. The molecule has 2 aliphatic rings. The van der Waals surface area contributed by atoms with Crippen LogP contribution in [0.4, 0.5) is 4.79 Å². The second-order valence-corrected chi connectivity index (χ2v) is 7.12. The van der Waals surface area contributed by atoms with Crippen LogP contribution in [0.25, 0.3) is 0 Å². The van der Waals surface area contributed by atoms with Crippen molar-refractivity contribution in [2.75, 3.05) is 27.3 Å². The maximum atomic E-state index is 11.9. The van der Waals surface area contributed by atoms with Gasteiger partial charge >= 0.3 is 6.09 Å². The maximum absolute atomic E-state index is 11.9. The minimum absolute atomic E-state index is 0.0609. The van der Waals surface area contributed by atoms with E-state index in [-0.39, 0.29) is 24.5 Å². The molecule has 0 aromatic carbocycles. The molecular weight excluding hydrogens is 312 g/mol. The van der Waals surface area contributed by atoms with Crippen LogP contribution in [0.15, 0.2) is 11.9 Å². The average molecular weight is 342 g/mol. The smallest absolute Gasteiger partial charge is 0.407 e. The van der Waals surface area contributed by atoms with E-state index < -0.39 is 5.60 Å². The summed E-state index contributed by atoms with van der Waals surface area (Å²) in [5, 5.41) is 2.96. The largest absolute Gasteiger partial charge is 0.444 e. The third-order valence-corrected chi connectivity index (χ3v) is 3.95. The van der Waals surface area contributed by atoms with Crippen molar-refractivity contribution in [3.63, 3.8) is 0 Å². The van der Waals surface area contributed by atoms with Crippen molar-refractivity contribution in [1.82, 2.24) is 21.1 Å². The molecule has 8 heteroatoms. The van der Waals surface area contributed by atoms with Crippen LogP contribution in [0.1, 0.15) is 33.6 Å². The van der Waals surface area contributed by atoms with E-state index in [1.54, 1.807) is 14.2 Å². The van der Waals surface area contributed by atoms with E-state index in [0.29, 0.717) is 0 Å². The molecule has 24 heavy (non-hydrogen) atoms. The molecule has 138 valence electrons. The first-order valence-electron chi connectivity index (χ1n) is 8.36. The number of nitrogens with one attached hydrogen (secondary N) is 3. The summed E-state index contributed by atoms with van der Waals surface area (Å²) in [7, 11) is 3.23. The first-order valence-corrected chi connectivity index (χ1v) is 8.36. The van der Waals surface area contributed by atoms with E-state index in [9.17, 15) is 4.79 Å². The third-order valence-electron chi connectivity index (χ3n) is 3.95. The van der Waals surface area contributed by atoms with Gasteiger partial charge in [0.1, 0.15) is 11.4 Å². The number of alkyl carbamates (subject to hydrolysis) is 1. The fourth-order valence-corrected chi connectivity index (χ4v) is 2.92. The molecule has 0 spiro atoms. The zero-order chi connectivity index (χ0) is 17.7. The molecule has 8 nitrogen and oxygen atoms in total. The highest BCUT2D eigenvalue weighted by Gasteiger charge is 2.30. The number of methoxy groups -OCH3 is 2. The fourth-order valence-electron chi connectivity index (χ4n) is 2.92. The van der Waals surface area contributed by atoms with Gasteiger partial charge in [0.2, 0.25) is 0 Å². The van der Waals surface area contributed by atoms with Gasteiger partial charge in [0.05, 0.1) is 6.04 Å². The van der Waals surface area contributed by atoms with Gasteiger partial charge in [-0.25, -0.2) is 10.2 Å². The van der Waals surface area contributed by atoms with Gasteiger partial charge in [-0.15, -0.1) is 0 Å². The number of ether oxygens (including phenoxy) is 3. The zero-order valence-electron chi connectivity index (χ0n) is 15.2. The van der Waals surface area contributed by atoms with E-state index in [0.717, 1.165) is 31.8 Å². The number of amides is 1. The van der Waals surface area contributed by atoms with Crippen LogP contribution in [-0.2, 0) is 14.2 Å². The van der Waals surface area contributed by atoms with Gasteiger partial charge in [-0.2, -0.15) is 0 Å². The number of hydrogen-bond acceptors (Lipinski definition) is 7. The number of hydrazine groups is 1. The van der Waals surface area contributed by atoms with Crippen molar-refractivity contribution in [2.24, 2.45) is 0 Å². The summed E-state index contributed by atoms with van der Waals surface area (Å²) in [6.45, 7) is 7.25. The SMILES string of the molecule is COC(OC)C1C=C(N2CCC[C@@H](NC(=O)OC(C)(C)C)C2)NN1. The van der Waals surface area contributed by atoms with E-state index in [2.05, 4.69) is 21.1 Å². The lowest BCUT2D eigenvalue weighted by Gasteiger charge is -2.35. The molecule has 2 heterocycles. The quantitative estimate of drug-likeness (QED) is 0.641. The summed E-state index contributed by atoms with van der Waals surface area (Å²) in [6, 6.07) is 0.00480. The molecule has 0 aromatic heterocycles. The molecule has 0 radical (unpaired) electrons. The number of rotatable bonds is 5. The molecule has 1 saturated heterocycles. The van der Waals surface area contributed by atoms with Crippen LogP contribution >= 0.6 is 0 Å². The fraction of sp³-hybridized carbons (Fsp3) is 0.812. The van der Waals surface area contributed by atoms with Gasteiger partial charge in [0.25, 0.3) is 0 Å². The summed E-state index contributed by atoms with van der Waals surface area (Å²) in [6.07, 6.45) is 3.28. The second kappa shape index (κ2) is 8.04. The molecule has 1 amide bonds. The van der Waals surface area contributed by atoms with Gasteiger partial charge < -0.3 is 29.9 Å². The Morgan fingerprint density at radius 2 is 2.08 bits per heavy atom. The summed E-state index contributed by atoms with van der Waals surface area (Å²) >= 11 is 0. The second-order valence-electron chi connectivity index (χ2n) is 7.12. The summed E-state index contributed by atoms with van der Waals surface area (Å²) in [5.41, 5.74) is 5.83. The number of carbonyl (C=O) groups is 1. The molecule has 1 unspecified atom stereocenters. The number of likely N-dealkylation sites (tertiary alicyclic amines) is 1. The van der Waals surface area contributed by atoms with Crippen LogP contribution in [-0.4, -0.2) is 62.3 Å². The number of nitrogens with zero attached hydrogens (tertiary/aromatic N) is 1. The Morgan fingerprint density at radius 3 is 2.71 bits per heavy atom. The van der Waals surface area contributed by atoms with Gasteiger partial charge in [-0.1, -0.05) is 0 Å². The van der Waals surface area contributed by atoms with Crippen molar-refractivity contribution >= 4 is 6.09 Å². The van der Waals surface area contributed by atoms with E-state index in [4.69, 9.17) is 14.2 Å². The Morgan fingerprint density at radius 1 is 1.38 bits per heavy atom. The van der Waals surface area contributed by atoms with Crippen LogP contribution in [0.2, 0.25) is 0 Å². The molecule has 0 bridgehead atoms. The lowest BCUT2D eigenvalue weighted by atomic mass is 10.1. The highest BCUT2D eigenvalue weighted by Crippen LogP contribution is 2.18. The number of hydrogen-bond donors (Lipinski definition) is 3. The molecule has 0 aliphatic carbocycles. The average Bonchev–Trinajstić information content (AvgIpc) is 2.96. The molecule has 2 rings (SSSR count). The van der Waals surface area contributed by atoms with Crippen molar-refractivity contribution in [1.29, 1.82) is 0 Å². The molecular formula is C16H30N4O4. The summed E-state index contributed by atoms with van der Waals surface area (Å²) < 4.78 is 15.9. The lowest BCUT2D eigenvalue weighted by molar-refractivity contribution is -0.113. The normalized spacial score (nSPS) is 24.6. The van der Waals surface area contributed by atoms with Gasteiger partial charge in [0, 0.05) is 33.4 Å². The van der Waals surface area contributed by atoms with Crippen LogP contribution in [0.5, 0.6) is 0 Å². The molecule has 2 aliphatic heterocycles. The molecule has 0 saturated carbocycles. The Labute approximate surface area is 143 Å². The summed E-state index contributed by atoms with van der Waals surface area (Å²) in [5.74, 6) is 0.981. The van der Waals surface area contributed by atoms with Gasteiger partial charge in [0.15, 0.2) is 6.29 Å². The number of carbonyl (C=O) groups excluding carboxylic acids is 1. The monoisotopic (exact) mass is 342 g/mol. The van der Waals surface area contributed by atoms with Crippen molar-refractivity contribution in [2.45, 2.75) is 57.6 Å². The van der Waals surface area contributed by atoms with Crippen molar-refractivity contribution < 1.29 is 19.0 Å². The first-order chi connectivity index (χ1) is 11.3. The molecule has 3 N–H and O–H groups in total. The van der Waals surface area contributed by atoms with Crippen molar-refractivity contribution in [3.8, 4) is 0 Å². The van der Waals surface area contributed by atoms with Crippen LogP contribution in [0.3, 0.4) is 0 Å². The lowest BCUT2D eigenvalue weighted by Crippen LogP contribution is -2.50. The van der Waals surface area contributed by atoms with Crippen LogP contribution < -0.4 is 16.2 Å². The minimum atomic E-state index is -0.486. The molecule has 1 fully saturated rings. The maximum Gasteiger partial charge on any atom is 0.407 e. The highest BCUT2D eigenvalue weighted by atomic mass is 16.7. The Kier molecular flexibility index (Phi) is 6.31. The Bertz CT molecular complexity index is 459. The zero-order valence-corrected chi connectivity index (χ0v) is 15.2. The predicted octanol–water partition coefficient (Wildman–Crippen LogP) is 0.912. The Hall–Kier alpha value is -1.51. The topological polar surface area (TPSA) is 84.1 Å². The van der Waals surface area contributed by atoms with Gasteiger partial charge in [-0.05, 0) is 39.7 Å². The Balaban J connectivity index is 1.89. The van der Waals surface area contributed by atoms with Crippen molar-refractivity contribution in [3.05, 3.63) is 11.9 Å². The molecule has 0 aromatic rings.